The van der Waals surface area contributed by atoms with Crippen LogP contribution in [0.15, 0.2) is 24.3 Å². The molecule has 3 N–H and O–H groups in total. The highest BCUT2D eigenvalue weighted by molar-refractivity contribution is 5.92. The van der Waals surface area contributed by atoms with Crippen molar-refractivity contribution in [3.05, 3.63) is 35.4 Å². The number of carbonyl (C=O) groups is 1. The number of likely N-dealkylation sites (tertiary alicyclic amines) is 1. The Labute approximate surface area is 127 Å². The molecule has 1 aliphatic rings. The molecule has 4 heteroatoms. The summed E-state index contributed by atoms with van der Waals surface area (Å²) in [5.41, 5.74) is 7.27. The minimum absolute atomic E-state index is 0.265. The maximum atomic E-state index is 11.2. The number of nitrogens with zero attached hydrogens (tertiary/aromatic N) is 1. The molecule has 0 aliphatic carbocycles. The summed E-state index contributed by atoms with van der Waals surface area (Å²) in [6.45, 7) is 9.90. The Kier molecular flexibility index (Phi) is 5.01. The van der Waals surface area contributed by atoms with E-state index in [1.807, 2.05) is 18.2 Å². The van der Waals surface area contributed by atoms with Gasteiger partial charge in [-0.2, -0.15) is 0 Å². The van der Waals surface area contributed by atoms with Gasteiger partial charge in [-0.25, -0.2) is 0 Å². The first-order valence-electron chi connectivity index (χ1n) is 7.73. The molecule has 0 unspecified atom stereocenters. The summed E-state index contributed by atoms with van der Waals surface area (Å²) < 4.78 is 0. The Morgan fingerprint density at radius 1 is 1.33 bits per heavy atom. The standard InChI is InChI=1S/C17H27N3O/c1-17(2,3)20-9-7-15(8-10-20)19-12-13-5-4-6-14(11-13)16(18)21/h4-6,11,15,19H,7-10,12H2,1-3H3,(H2,18,21). The van der Waals surface area contributed by atoms with Crippen LogP contribution in [0.3, 0.4) is 0 Å². The van der Waals surface area contributed by atoms with E-state index in [1.54, 1.807) is 6.07 Å². The third-order valence-electron chi connectivity index (χ3n) is 4.25. The van der Waals surface area contributed by atoms with Crippen LogP contribution >= 0.6 is 0 Å². The fraction of sp³-hybridized carbons (Fsp3) is 0.588. The van der Waals surface area contributed by atoms with Gasteiger partial charge in [0, 0.05) is 36.8 Å². The molecule has 116 valence electrons. The molecule has 1 heterocycles. The minimum atomic E-state index is -0.365. The van der Waals surface area contributed by atoms with Crippen molar-refractivity contribution in [2.45, 2.75) is 51.7 Å². The summed E-state index contributed by atoms with van der Waals surface area (Å²) in [4.78, 5) is 13.7. The van der Waals surface area contributed by atoms with Gasteiger partial charge in [0.25, 0.3) is 0 Å². The van der Waals surface area contributed by atoms with Crippen LogP contribution in [0, 0.1) is 0 Å². The fourth-order valence-corrected chi connectivity index (χ4v) is 2.85. The lowest BCUT2D eigenvalue weighted by atomic mass is 9.98. The van der Waals surface area contributed by atoms with Crippen LogP contribution < -0.4 is 11.1 Å². The number of nitrogens with two attached hydrogens (primary N) is 1. The SMILES string of the molecule is CC(C)(C)N1CCC(NCc2cccc(C(N)=O)c2)CC1. The Morgan fingerprint density at radius 2 is 2.00 bits per heavy atom. The van der Waals surface area contributed by atoms with Gasteiger partial charge in [-0.3, -0.25) is 9.69 Å². The van der Waals surface area contributed by atoms with E-state index in [1.165, 1.54) is 12.8 Å². The van der Waals surface area contributed by atoms with E-state index in [9.17, 15) is 4.79 Å². The van der Waals surface area contributed by atoms with Crippen molar-refractivity contribution in [2.24, 2.45) is 5.73 Å². The first kappa shape index (κ1) is 16.0. The molecular formula is C17H27N3O. The summed E-state index contributed by atoms with van der Waals surface area (Å²) in [6.07, 6.45) is 2.35. The molecule has 0 atom stereocenters. The molecule has 1 fully saturated rings. The van der Waals surface area contributed by atoms with Crippen LogP contribution in [-0.4, -0.2) is 35.5 Å². The molecule has 2 rings (SSSR count). The molecule has 1 amide bonds. The van der Waals surface area contributed by atoms with Crippen LogP contribution in [0.25, 0.3) is 0 Å². The lowest BCUT2D eigenvalue weighted by molar-refractivity contribution is 0.0960. The molecule has 1 saturated heterocycles. The van der Waals surface area contributed by atoms with Crippen LogP contribution in [0.4, 0.5) is 0 Å². The van der Waals surface area contributed by atoms with Crippen LogP contribution in [0.1, 0.15) is 49.5 Å². The number of nitrogens with one attached hydrogen (secondary N) is 1. The molecule has 0 aromatic heterocycles. The van der Waals surface area contributed by atoms with Crippen molar-refractivity contribution in [3.8, 4) is 0 Å². The van der Waals surface area contributed by atoms with E-state index in [4.69, 9.17) is 5.73 Å². The van der Waals surface area contributed by atoms with Gasteiger partial charge in [-0.05, 0) is 51.3 Å². The number of rotatable bonds is 4. The first-order chi connectivity index (χ1) is 9.86. The van der Waals surface area contributed by atoms with E-state index in [0.717, 1.165) is 25.2 Å². The monoisotopic (exact) mass is 289 g/mol. The Balaban J connectivity index is 1.82. The van der Waals surface area contributed by atoms with E-state index in [2.05, 4.69) is 31.0 Å². The van der Waals surface area contributed by atoms with Crippen LogP contribution in [0.2, 0.25) is 0 Å². The van der Waals surface area contributed by atoms with Crippen molar-refractivity contribution in [1.29, 1.82) is 0 Å². The van der Waals surface area contributed by atoms with Gasteiger partial charge < -0.3 is 11.1 Å². The lowest BCUT2D eigenvalue weighted by Gasteiger charge is -2.41. The first-order valence-corrected chi connectivity index (χ1v) is 7.73. The van der Waals surface area contributed by atoms with Gasteiger partial charge in [0.1, 0.15) is 0 Å². The fourth-order valence-electron chi connectivity index (χ4n) is 2.85. The Hall–Kier alpha value is -1.39. The number of hydrogen-bond acceptors (Lipinski definition) is 3. The van der Waals surface area contributed by atoms with E-state index >= 15 is 0 Å². The number of primary amides is 1. The summed E-state index contributed by atoms with van der Waals surface area (Å²) in [5, 5.41) is 3.60. The number of carbonyl (C=O) groups excluding carboxylic acids is 1. The van der Waals surface area contributed by atoms with Gasteiger partial charge in [0.05, 0.1) is 0 Å². The van der Waals surface area contributed by atoms with Crippen molar-refractivity contribution in [1.82, 2.24) is 10.2 Å². The van der Waals surface area contributed by atoms with Crippen molar-refractivity contribution in [2.75, 3.05) is 13.1 Å². The van der Waals surface area contributed by atoms with Gasteiger partial charge in [-0.1, -0.05) is 12.1 Å². The zero-order valence-corrected chi connectivity index (χ0v) is 13.4. The number of hydrogen-bond donors (Lipinski definition) is 2. The summed E-state index contributed by atoms with van der Waals surface area (Å²) in [7, 11) is 0. The molecule has 4 nitrogen and oxygen atoms in total. The predicted octanol–water partition coefficient (Wildman–Crippen LogP) is 2.14. The smallest absolute Gasteiger partial charge is 0.248 e. The van der Waals surface area contributed by atoms with Crippen LogP contribution in [0.5, 0.6) is 0 Å². The molecule has 1 aromatic carbocycles. The summed E-state index contributed by atoms with van der Waals surface area (Å²) in [6, 6.07) is 8.11. The van der Waals surface area contributed by atoms with Crippen LogP contribution in [-0.2, 0) is 6.54 Å². The maximum absolute atomic E-state index is 11.2. The highest BCUT2D eigenvalue weighted by Gasteiger charge is 2.26. The molecule has 0 bridgehead atoms. The average Bonchev–Trinajstić information content (AvgIpc) is 2.45. The van der Waals surface area contributed by atoms with E-state index < -0.39 is 0 Å². The zero-order chi connectivity index (χ0) is 15.5. The second-order valence-corrected chi connectivity index (χ2v) is 6.88. The van der Waals surface area contributed by atoms with E-state index in [0.29, 0.717) is 11.6 Å². The molecule has 0 radical (unpaired) electrons. The highest BCUT2D eigenvalue weighted by Crippen LogP contribution is 2.20. The van der Waals surface area contributed by atoms with Gasteiger partial charge >= 0.3 is 0 Å². The second-order valence-electron chi connectivity index (χ2n) is 6.88. The zero-order valence-electron chi connectivity index (χ0n) is 13.4. The van der Waals surface area contributed by atoms with Gasteiger partial charge in [0.15, 0.2) is 0 Å². The van der Waals surface area contributed by atoms with Crippen molar-refractivity contribution < 1.29 is 4.79 Å². The lowest BCUT2D eigenvalue weighted by Crippen LogP contribution is -2.49. The van der Waals surface area contributed by atoms with Gasteiger partial charge in [0.2, 0.25) is 5.91 Å². The molecule has 1 aromatic rings. The quantitative estimate of drug-likeness (QED) is 0.893. The normalized spacial score (nSPS) is 17.9. The molecule has 1 aliphatic heterocycles. The maximum Gasteiger partial charge on any atom is 0.248 e. The van der Waals surface area contributed by atoms with Crippen molar-refractivity contribution in [3.63, 3.8) is 0 Å². The highest BCUT2D eigenvalue weighted by atomic mass is 16.1. The molecule has 0 saturated carbocycles. The molecular weight excluding hydrogens is 262 g/mol. The Morgan fingerprint density at radius 3 is 2.57 bits per heavy atom. The Bertz CT molecular complexity index is 485. The topological polar surface area (TPSA) is 58.4 Å². The average molecular weight is 289 g/mol. The second kappa shape index (κ2) is 6.58. The van der Waals surface area contributed by atoms with E-state index in [-0.39, 0.29) is 11.4 Å². The van der Waals surface area contributed by atoms with Crippen molar-refractivity contribution >= 4 is 5.91 Å². The minimum Gasteiger partial charge on any atom is -0.366 e. The van der Waals surface area contributed by atoms with Gasteiger partial charge in [-0.15, -0.1) is 0 Å². The third-order valence-corrected chi connectivity index (χ3v) is 4.25. The number of piperidine rings is 1. The summed E-state index contributed by atoms with van der Waals surface area (Å²) in [5.74, 6) is -0.365. The largest absolute Gasteiger partial charge is 0.366 e. The number of amides is 1. The number of benzene rings is 1. The summed E-state index contributed by atoms with van der Waals surface area (Å²) >= 11 is 0. The predicted molar refractivity (Wildman–Crippen MR) is 86.1 cm³/mol. The molecule has 0 spiro atoms. The third kappa shape index (κ3) is 4.55. The molecule has 21 heavy (non-hydrogen) atoms.